The van der Waals surface area contributed by atoms with Gasteiger partial charge in [0, 0.05) is 24.1 Å². The first-order valence-electron chi connectivity index (χ1n) is 9.59. The van der Waals surface area contributed by atoms with Gasteiger partial charge in [-0.1, -0.05) is 23.7 Å². The lowest BCUT2D eigenvalue weighted by Gasteiger charge is -2.69. The van der Waals surface area contributed by atoms with Gasteiger partial charge in [-0.05, 0) is 49.1 Å². The molecule has 3 fully saturated rings. The fraction of sp³-hybridized carbons (Fsp3) is 0.364. The standard InChI is InChI=1S/C22H19ClF2N2O2/c23-17-3-1-2-4-19(17)29-13-21-10-22(11-21,12-21)20(28)27-18(5-6-26-27)14-7-15(24)9-16(25)8-14/h1-4,6-9,18H,5,10-13H2. The lowest BCUT2D eigenvalue weighted by molar-refractivity contribution is -0.226. The van der Waals surface area contributed by atoms with Crippen LogP contribution in [0.15, 0.2) is 47.6 Å². The number of hydrogen-bond acceptors (Lipinski definition) is 3. The molecule has 0 spiro atoms. The Labute approximate surface area is 172 Å². The number of amides is 1. The summed E-state index contributed by atoms with van der Waals surface area (Å²) >= 11 is 6.13. The van der Waals surface area contributed by atoms with Gasteiger partial charge >= 0.3 is 0 Å². The Morgan fingerprint density at radius 2 is 1.86 bits per heavy atom. The van der Waals surface area contributed by atoms with Crippen LogP contribution in [0.1, 0.15) is 37.3 Å². The number of nitrogens with zero attached hydrogens (tertiary/aromatic N) is 2. The molecule has 7 heteroatoms. The van der Waals surface area contributed by atoms with Crippen molar-refractivity contribution in [3.8, 4) is 5.75 Å². The topological polar surface area (TPSA) is 41.9 Å². The van der Waals surface area contributed by atoms with Crippen LogP contribution >= 0.6 is 11.6 Å². The molecule has 1 heterocycles. The highest BCUT2D eigenvalue weighted by Crippen LogP contribution is 2.74. The maximum absolute atomic E-state index is 13.6. The third kappa shape index (κ3) is 3.01. The largest absolute Gasteiger partial charge is 0.491 e. The van der Waals surface area contributed by atoms with Crippen molar-refractivity contribution in [2.24, 2.45) is 15.9 Å². The van der Waals surface area contributed by atoms with E-state index in [9.17, 15) is 13.6 Å². The minimum absolute atomic E-state index is 0.00126. The minimum atomic E-state index is -0.652. The van der Waals surface area contributed by atoms with Crippen molar-refractivity contribution < 1.29 is 18.3 Å². The zero-order valence-corrected chi connectivity index (χ0v) is 16.3. The summed E-state index contributed by atoms with van der Waals surface area (Å²) in [6, 6.07) is 10.2. The predicted octanol–water partition coefficient (Wildman–Crippen LogP) is 5.13. The molecule has 150 valence electrons. The second kappa shape index (κ2) is 6.52. The van der Waals surface area contributed by atoms with E-state index < -0.39 is 23.1 Å². The average molecular weight is 417 g/mol. The van der Waals surface area contributed by atoms with E-state index in [1.165, 1.54) is 17.1 Å². The molecule has 0 aromatic heterocycles. The van der Waals surface area contributed by atoms with Crippen molar-refractivity contribution in [3.05, 3.63) is 64.7 Å². The van der Waals surface area contributed by atoms with Crippen LogP contribution in [-0.4, -0.2) is 23.7 Å². The van der Waals surface area contributed by atoms with Crippen LogP contribution in [0.4, 0.5) is 8.78 Å². The van der Waals surface area contributed by atoms with E-state index in [1.807, 2.05) is 18.2 Å². The molecule has 1 amide bonds. The van der Waals surface area contributed by atoms with Crippen LogP contribution < -0.4 is 4.74 Å². The van der Waals surface area contributed by atoms with Gasteiger partial charge in [-0.25, -0.2) is 13.8 Å². The maximum Gasteiger partial charge on any atom is 0.249 e. The molecular formula is C22H19ClF2N2O2. The van der Waals surface area contributed by atoms with Crippen LogP contribution in [0, 0.1) is 22.5 Å². The third-order valence-corrected chi connectivity index (χ3v) is 6.58. The summed E-state index contributed by atoms with van der Waals surface area (Å²) in [5.74, 6) is -0.724. The SMILES string of the molecule is O=C(N1N=CCC1c1cc(F)cc(F)c1)C12CC(COc3ccccc3Cl)(C1)C2. The molecule has 2 aromatic rings. The van der Waals surface area contributed by atoms with E-state index in [4.69, 9.17) is 16.3 Å². The van der Waals surface area contributed by atoms with Gasteiger partial charge in [-0.2, -0.15) is 5.10 Å². The number of carbonyl (C=O) groups excluding carboxylic acids is 1. The van der Waals surface area contributed by atoms with Gasteiger partial charge in [-0.3, -0.25) is 4.79 Å². The molecule has 2 aromatic carbocycles. The van der Waals surface area contributed by atoms with Gasteiger partial charge in [0.2, 0.25) is 5.91 Å². The van der Waals surface area contributed by atoms with Crippen molar-refractivity contribution in [2.45, 2.75) is 31.7 Å². The van der Waals surface area contributed by atoms with E-state index in [2.05, 4.69) is 5.10 Å². The highest BCUT2D eigenvalue weighted by atomic mass is 35.5. The first kappa shape index (κ1) is 18.6. The van der Waals surface area contributed by atoms with Gasteiger partial charge in [0.15, 0.2) is 0 Å². The van der Waals surface area contributed by atoms with E-state index in [-0.39, 0.29) is 11.3 Å². The number of para-hydroxylation sites is 1. The number of ether oxygens (including phenoxy) is 1. The Kier molecular flexibility index (Phi) is 4.17. The highest BCUT2D eigenvalue weighted by molar-refractivity contribution is 6.32. The maximum atomic E-state index is 13.6. The van der Waals surface area contributed by atoms with Crippen molar-refractivity contribution >= 4 is 23.7 Å². The third-order valence-electron chi connectivity index (χ3n) is 6.27. The number of rotatable bonds is 5. The number of carbonyl (C=O) groups is 1. The van der Waals surface area contributed by atoms with Gasteiger partial charge in [0.25, 0.3) is 0 Å². The molecule has 4 nitrogen and oxygen atoms in total. The van der Waals surface area contributed by atoms with Crippen molar-refractivity contribution in [1.29, 1.82) is 0 Å². The quantitative estimate of drug-likeness (QED) is 0.678. The van der Waals surface area contributed by atoms with Crippen molar-refractivity contribution in [3.63, 3.8) is 0 Å². The Bertz CT molecular complexity index is 986. The summed E-state index contributed by atoms with van der Waals surface area (Å²) in [4.78, 5) is 13.2. The molecule has 1 unspecified atom stereocenters. The van der Waals surface area contributed by atoms with Crippen LogP contribution in [0.5, 0.6) is 5.75 Å². The highest BCUT2D eigenvalue weighted by Gasteiger charge is 2.72. The summed E-state index contributed by atoms with van der Waals surface area (Å²) in [6.45, 7) is 0.521. The zero-order valence-electron chi connectivity index (χ0n) is 15.6. The molecule has 3 aliphatic carbocycles. The molecule has 1 aliphatic heterocycles. The summed E-state index contributed by atoms with van der Waals surface area (Å²) < 4.78 is 33.1. The predicted molar refractivity (Wildman–Crippen MR) is 105 cm³/mol. The van der Waals surface area contributed by atoms with E-state index in [0.717, 1.165) is 25.3 Å². The lowest BCUT2D eigenvalue weighted by atomic mass is 9.35. The number of halogens is 3. The molecule has 1 atom stereocenters. The molecule has 0 radical (unpaired) electrons. The van der Waals surface area contributed by atoms with E-state index in [1.54, 1.807) is 12.3 Å². The average Bonchev–Trinajstić information content (AvgIpc) is 3.09. The van der Waals surface area contributed by atoms with Gasteiger partial charge in [-0.15, -0.1) is 0 Å². The van der Waals surface area contributed by atoms with Gasteiger partial charge in [0.05, 0.1) is 23.1 Å². The second-order valence-corrected chi connectivity index (χ2v) is 8.84. The van der Waals surface area contributed by atoms with Gasteiger partial charge < -0.3 is 4.74 Å². The molecule has 4 aliphatic rings. The first-order chi connectivity index (χ1) is 13.9. The Balaban J connectivity index is 1.25. The van der Waals surface area contributed by atoms with Crippen LogP contribution in [0.2, 0.25) is 5.02 Å². The number of hydrogen-bond donors (Lipinski definition) is 0. The normalized spacial score (nSPS) is 29.3. The monoisotopic (exact) mass is 416 g/mol. The number of benzene rings is 2. The first-order valence-corrected chi connectivity index (χ1v) is 9.97. The minimum Gasteiger partial charge on any atom is -0.491 e. The molecule has 2 bridgehead atoms. The van der Waals surface area contributed by atoms with Crippen molar-refractivity contribution in [2.75, 3.05) is 6.61 Å². The molecule has 0 saturated heterocycles. The van der Waals surface area contributed by atoms with Gasteiger partial charge in [0.1, 0.15) is 17.4 Å². The van der Waals surface area contributed by atoms with E-state index in [0.29, 0.717) is 29.4 Å². The molecule has 0 N–H and O–H groups in total. The summed E-state index contributed by atoms with van der Waals surface area (Å²) in [6.07, 6.45) is 4.29. The van der Waals surface area contributed by atoms with Crippen molar-refractivity contribution in [1.82, 2.24) is 5.01 Å². The Morgan fingerprint density at radius 1 is 1.17 bits per heavy atom. The Morgan fingerprint density at radius 3 is 2.55 bits per heavy atom. The smallest absolute Gasteiger partial charge is 0.249 e. The summed E-state index contributed by atoms with van der Waals surface area (Å²) in [5, 5.41) is 6.20. The second-order valence-electron chi connectivity index (χ2n) is 8.43. The fourth-order valence-corrected chi connectivity index (χ4v) is 5.26. The number of hydrazone groups is 1. The van der Waals surface area contributed by atoms with Crippen LogP contribution in [0.25, 0.3) is 0 Å². The summed E-state index contributed by atoms with van der Waals surface area (Å²) in [7, 11) is 0. The molecule has 29 heavy (non-hydrogen) atoms. The summed E-state index contributed by atoms with van der Waals surface area (Å²) in [5.41, 5.74) is -0.00863. The lowest BCUT2D eigenvalue weighted by Crippen LogP contribution is -2.69. The molecular weight excluding hydrogens is 398 g/mol. The van der Waals surface area contributed by atoms with E-state index >= 15 is 0 Å². The zero-order chi connectivity index (χ0) is 20.2. The molecule has 3 saturated carbocycles. The molecule has 6 rings (SSSR count). The van der Waals surface area contributed by atoms with Crippen LogP contribution in [0.3, 0.4) is 0 Å². The Hall–Kier alpha value is -2.47. The van der Waals surface area contributed by atoms with Crippen LogP contribution in [-0.2, 0) is 4.79 Å². The fourth-order valence-electron chi connectivity index (χ4n) is 5.07.